The van der Waals surface area contributed by atoms with Gasteiger partial charge in [0.25, 0.3) is 5.91 Å². The normalized spacial score (nSPS) is 13.5. The molecule has 5 heteroatoms. The molecule has 0 bridgehead atoms. The minimum atomic E-state index is -0.657. The number of amides is 1. The van der Waals surface area contributed by atoms with Crippen LogP contribution >= 0.6 is 0 Å². The molecule has 0 aliphatic heterocycles. The lowest BCUT2D eigenvalue weighted by molar-refractivity contribution is 0.0846. The molecule has 0 fully saturated rings. The number of aliphatic hydroxyl groups excluding tert-OH is 1. The number of nitrogens with zero attached hydrogens (tertiary/aromatic N) is 2. The summed E-state index contributed by atoms with van der Waals surface area (Å²) in [7, 11) is 0. The largest absolute Gasteiger partial charge is 0.391 e. The van der Waals surface area contributed by atoms with Crippen LogP contribution < -0.4 is 5.32 Å². The van der Waals surface area contributed by atoms with Gasteiger partial charge in [-0.3, -0.25) is 4.79 Å². The SMILES string of the molecule is Cc1cc(C(=O)N[C@H](C)[C@H](O)Cc2ccccc2)nc(C)n1. The van der Waals surface area contributed by atoms with Gasteiger partial charge in [0.2, 0.25) is 0 Å². The molecular weight excluding hydrogens is 278 g/mol. The molecule has 1 aromatic carbocycles. The van der Waals surface area contributed by atoms with Crippen LogP contribution in [0.15, 0.2) is 36.4 Å². The summed E-state index contributed by atoms with van der Waals surface area (Å²) in [5, 5.41) is 13.0. The van der Waals surface area contributed by atoms with Crippen LogP contribution in [0, 0.1) is 13.8 Å². The summed E-state index contributed by atoms with van der Waals surface area (Å²) in [6.07, 6.45) is -0.167. The van der Waals surface area contributed by atoms with Crippen LogP contribution in [-0.4, -0.2) is 33.1 Å². The monoisotopic (exact) mass is 299 g/mol. The van der Waals surface area contributed by atoms with Crippen LogP contribution in [0.1, 0.15) is 34.5 Å². The van der Waals surface area contributed by atoms with Gasteiger partial charge in [-0.1, -0.05) is 30.3 Å². The molecule has 2 N–H and O–H groups in total. The van der Waals surface area contributed by atoms with Gasteiger partial charge in [0.05, 0.1) is 12.1 Å². The maximum Gasteiger partial charge on any atom is 0.270 e. The molecule has 0 radical (unpaired) electrons. The highest BCUT2D eigenvalue weighted by Gasteiger charge is 2.19. The highest BCUT2D eigenvalue weighted by Crippen LogP contribution is 2.07. The Hall–Kier alpha value is -2.27. The van der Waals surface area contributed by atoms with Crippen molar-refractivity contribution in [3.05, 3.63) is 59.2 Å². The number of aromatic nitrogens is 2. The predicted molar refractivity (Wildman–Crippen MR) is 84.6 cm³/mol. The Morgan fingerprint density at radius 3 is 2.55 bits per heavy atom. The van der Waals surface area contributed by atoms with Gasteiger partial charge in [0.1, 0.15) is 11.5 Å². The Morgan fingerprint density at radius 1 is 1.23 bits per heavy atom. The molecule has 0 saturated heterocycles. The van der Waals surface area contributed by atoms with Gasteiger partial charge < -0.3 is 10.4 Å². The van der Waals surface area contributed by atoms with Gasteiger partial charge in [0, 0.05) is 12.1 Å². The third kappa shape index (κ3) is 4.36. The summed E-state index contributed by atoms with van der Waals surface area (Å²) in [6.45, 7) is 5.35. The van der Waals surface area contributed by atoms with E-state index in [4.69, 9.17) is 0 Å². The first-order valence-electron chi connectivity index (χ1n) is 7.31. The Labute approximate surface area is 130 Å². The molecule has 0 unspecified atom stereocenters. The highest BCUT2D eigenvalue weighted by molar-refractivity contribution is 5.92. The quantitative estimate of drug-likeness (QED) is 0.883. The summed E-state index contributed by atoms with van der Waals surface area (Å²) in [6, 6.07) is 11.0. The molecule has 0 saturated carbocycles. The van der Waals surface area contributed by atoms with Crippen LogP contribution in [0.4, 0.5) is 0 Å². The molecule has 116 valence electrons. The third-order valence-corrected chi connectivity index (χ3v) is 3.42. The summed E-state index contributed by atoms with van der Waals surface area (Å²) in [5.41, 5.74) is 2.10. The highest BCUT2D eigenvalue weighted by atomic mass is 16.3. The fourth-order valence-electron chi connectivity index (χ4n) is 2.24. The number of nitrogens with one attached hydrogen (secondary N) is 1. The van der Waals surface area contributed by atoms with E-state index in [1.54, 1.807) is 19.9 Å². The Bertz CT molecular complexity index is 623. The summed E-state index contributed by atoms with van der Waals surface area (Å²) < 4.78 is 0. The van der Waals surface area contributed by atoms with Gasteiger partial charge in [-0.25, -0.2) is 9.97 Å². The fourth-order valence-corrected chi connectivity index (χ4v) is 2.24. The van der Waals surface area contributed by atoms with E-state index < -0.39 is 6.10 Å². The minimum Gasteiger partial charge on any atom is -0.391 e. The second kappa shape index (κ2) is 7.13. The number of hydrogen-bond donors (Lipinski definition) is 2. The molecule has 2 atom stereocenters. The molecular formula is C17H21N3O2. The fraction of sp³-hybridized carbons (Fsp3) is 0.353. The van der Waals surface area contributed by atoms with E-state index in [2.05, 4.69) is 15.3 Å². The first-order chi connectivity index (χ1) is 10.5. The molecule has 1 heterocycles. The van der Waals surface area contributed by atoms with E-state index >= 15 is 0 Å². The van der Waals surface area contributed by atoms with Gasteiger partial charge in [0.15, 0.2) is 0 Å². The molecule has 2 aromatic rings. The standard InChI is InChI=1S/C17H21N3O2/c1-11-9-15(20-13(3)18-11)17(22)19-12(2)16(21)10-14-7-5-4-6-8-14/h4-9,12,16,21H,10H2,1-3H3,(H,19,22)/t12-,16-/m1/s1. The zero-order chi connectivity index (χ0) is 16.1. The second-order valence-electron chi connectivity index (χ2n) is 5.46. The molecule has 0 aliphatic rings. The second-order valence-corrected chi connectivity index (χ2v) is 5.46. The Morgan fingerprint density at radius 2 is 1.91 bits per heavy atom. The number of benzene rings is 1. The van der Waals surface area contributed by atoms with E-state index in [0.717, 1.165) is 11.3 Å². The van der Waals surface area contributed by atoms with E-state index in [0.29, 0.717) is 17.9 Å². The molecule has 0 spiro atoms. The Kier molecular flexibility index (Phi) is 5.22. The molecule has 5 nitrogen and oxygen atoms in total. The van der Waals surface area contributed by atoms with Gasteiger partial charge in [-0.2, -0.15) is 0 Å². The van der Waals surface area contributed by atoms with Crippen molar-refractivity contribution in [2.45, 2.75) is 39.3 Å². The van der Waals surface area contributed by atoms with Crippen LogP contribution in [-0.2, 0) is 6.42 Å². The average molecular weight is 299 g/mol. The smallest absolute Gasteiger partial charge is 0.270 e. The van der Waals surface area contributed by atoms with Gasteiger partial charge in [-0.15, -0.1) is 0 Å². The first-order valence-corrected chi connectivity index (χ1v) is 7.31. The number of aliphatic hydroxyl groups is 1. The van der Waals surface area contributed by atoms with Crippen LogP contribution in [0.2, 0.25) is 0 Å². The van der Waals surface area contributed by atoms with Crippen LogP contribution in [0.25, 0.3) is 0 Å². The molecule has 2 rings (SSSR count). The van der Waals surface area contributed by atoms with Crippen LogP contribution in [0.5, 0.6) is 0 Å². The molecule has 22 heavy (non-hydrogen) atoms. The zero-order valence-electron chi connectivity index (χ0n) is 13.1. The van der Waals surface area contributed by atoms with Gasteiger partial charge in [-0.05, 0) is 32.4 Å². The number of carbonyl (C=O) groups excluding carboxylic acids is 1. The minimum absolute atomic E-state index is 0.298. The van der Waals surface area contributed by atoms with Crippen molar-refractivity contribution in [3.63, 3.8) is 0 Å². The first kappa shape index (κ1) is 16.1. The number of hydrogen-bond acceptors (Lipinski definition) is 4. The Balaban J connectivity index is 1.98. The van der Waals surface area contributed by atoms with E-state index in [-0.39, 0.29) is 11.9 Å². The molecule has 0 aliphatic carbocycles. The summed E-state index contributed by atoms with van der Waals surface area (Å²) in [5.74, 6) is 0.260. The third-order valence-electron chi connectivity index (χ3n) is 3.42. The van der Waals surface area contributed by atoms with Crippen LogP contribution in [0.3, 0.4) is 0 Å². The summed E-state index contributed by atoms with van der Waals surface area (Å²) >= 11 is 0. The van der Waals surface area contributed by atoms with Crippen molar-refractivity contribution >= 4 is 5.91 Å². The summed E-state index contributed by atoms with van der Waals surface area (Å²) in [4.78, 5) is 20.5. The zero-order valence-corrected chi connectivity index (χ0v) is 13.1. The van der Waals surface area contributed by atoms with Crippen molar-refractivity contribution < 1.29 is 9.90 Å². The predicted octanol–water partition coefficient (Wildman–Crippen LogP) is 1.82. The average Bonchev–Trinajstić information content (AvgIpc) is 2.47. The van der Waals surface area contributed by atoms with Crippen molar-refractivity contribution in [2.24, 2.45) is 0 Å². The van der Waals surface area contributed by atoms with Crippen molar-refractivity contribution in [3.8, 4) is 0 Å². The topological polar surface area (TPSA) is 75.1 Å². The van der Waals surface area contributed by atoms with E-state index in [1.165, 1.54) is 0 Å². The maximum absolute atomic E-state index is 12.2. The molecule has 1 amide bonds. The van der Waals surface area contributed by atoms with Crippen molar-refractivity contribution in [1.82, 2.24) is 15.3 Å². The van der Waals surface area contributed by atoms with Crippen molar-refractivity contribution in [1.29, 1.82) is 0 Å². The van der Waals surface area contributed by atoms with E-state index in [1.807, 2.05) is 37.3 Å². The van der Waals surface area contributed by atoms with E-state index in [9.17, 15) is 9.90 Å². The lowest BCUT2D eigenvalue weighted by Crippen LogP contribution is -2.42. The lowest BCUT2D eigenvalue weighted by atomic mass is 10.0. The molecule has 1 aromatic heterocycles. The van der Waals surface area contributed by atoms with Crippen molar-refractivity contribution in [2.75, 3.05) is 0 Å². The number of rotatable bonds is 5. The number of carbonyl (C=O) groups is 1. The lowest BCUT2D eigenvalue weighted by Gasteiger charge is -2.20. The van der Waals surface area contributed by atoms with Gasteiger partial charge >= 0.3 is 0 Å². The maximum atomic E-state index is 12.2. The number of aryl methyl sites for hydroxylation is 2.